The Labute approximate surface area is 149 Å². The lowest BCUT2D eigenvalue weighted by Crippen LogP contribution is -2.78. The molecule has 5 aliphatic carbocycles. The zero-order valence-corrected chi connectivity index (χ0v) is 15.3. The van der Waals surface area contributed by atoms with Crippen LogP contribution in [0.3, 0.4) is 0 Å². The Morgan fingerprint density at radius 2 is 2.00 bits per heavy atom. The van der Waals surface area contributed by atoms with Crippen LogP contribution < -0.4 is 5.32 Å². The summed E-state index contributed by atoms with van der Waals surface area (Å²) in [6.07, 6.45) is 8.01. The molecular weight excluding hydrogens is 314 g/mol. The summed E-state index contributed by atoms with van der Waals surface area (Å²) in [5, 5.41) is 3.02. The van der Waals surface area contributed by atoms with Gasteiger partial charge in [0.2, 0.25) is 6.41 Å². The monoisotopic (exact) mass is 343 g/mol. The van der Waals surface area contributed by atoms with Crippen molar-refractivity contribution in [1.82, 2.24) is 5.32 Å². The number of carbonyl (C=O) groups is 2. The smallest absolute Gasteiger partial charge is 0.209 e. The third-order valence-electron chi connectivity index (χ3n) is 8.96. The molecule has 1 amide bonds. The van der Waals surface area contributed by atoms with Crippen LogP contribution in [0.4, 0.5) is 0 Å². The minimum atomic E-state index is -0.364. The number of rotatable bonds is 2. The second-order valence-electron chi connectivity index (χ2n) is 9.95. The molecule has 4 nitrogen and oxygen atoms in total. The van der Waals surface area contributed by atoms with Crippen molar-refractivity contribution in [2.24, 2.45) is 34.0 Å². The lowest BCUT2D eigenvalue weighted by atomic mass is 9.34. The molecule has 0 aromatic carbocycles. The maximum absolute atomic E-state index is 13.4. The van der Waals surface area contributed by atoms with Crippen molar-refractivity contribution in [2.75, 3.05) is 0 Å². The Kier molecular flexibility index (Phi) is 3.06. The minimum Gasteiger partial charge on any atom is -0.354 e. The summed E-state index contributed by atoms with van der Waals surface area (Å²) >= 11 is 0. The van der Waals surface area contributed by atoms with Gasteiger partial charge in [-0.3, -0.25) is 9.59 Å². The van der Waals surface area contributed by atoms with Gasteiger partial charge >= 0.3 is 0 Å². The Morgan fingerprint density at radius 3 is 2.76 bits per heavy atom. The van der Waals surface area contributed by atoms with Gasteiger partial charge in [-0.15, -0.1) is 0 Å². The Balaban J connectivity index is 1.70. The molecule has 5 saturated carbocycles. The molecule has 7 rings (SSSR count). The van der Waals surface area contributed by atoms with Crippen molar-refractivity contribution in [3.05, 3.63) is 12.2 Å². The molecule has 0 aromatic rings. The molecule has 7 atom stereocenters. The Morgan fingerprint density at radius 1 is 1.20 bits per heavy atom. The first-order valence-electron chi connectivity index (χ1n) is 9.96. The van der Waals surface area contributed by atoms with E-state index >= 15 is 0 Å². The van der Waals surface area contributed by atoms with Crippen LogP contribution in [0.5, 0.6) is 0 Å². The maximum atomic E-state index is 13.4. The van der Waals surface area contributed by atoms with E-state index < -0.39 is 0 Å². The molecule has 0 aromatic heterocycles. The van der Waals surface area contributed by atoms with Crippen LogP contribution in [0.1, 0.15) is 58.8 Å². The van der Waals surface area contributed by atoms with Gasteiger partial charge in [0.25, 0.3) is 0 Å². The first kappa shape index (κ1) is 16.0. The van der Waals surface area contributed by atoms with E-state index in [4.69, 9.17) is 4.74 Å². The number of allylic oxidation sites excluding steroid dienone is 1. The van der Waals surface area contributed by atoms with Crippen molar-refractivity contribution in [3.8, 4) is 0 Å². The average Bonchev–Trinajstić information content (AvgIpc) is 2.59. The normalized spacial score (nSPS) is 52.5. The van der Waals surface area contributed by atoms with E-state index in [9.17, 15) is 9.59 Å². The topological polar surface area (TPSA) is 55.4 Å². The highest BCUT2D eigenvalue weighted by molar-refractivity contribution is 6.02. The lowest BCUT2D eigenvalue weighted by molar-refractivity contribution is -0.332. The highest BCUT2D eigenvalue weighted by Gasteiger charge is 2.76. The predicted octanol–water partition coefficient (Wildman–Crippen LogP) is 3.22. The summed E-state index contributed by atoms with van der Waals surface area (Å²) in [7, 11) is 0. The molecule has 25 heavy (non-hydrogen) atoms. The lowest BCUT2D eigenvalue weighted by Gasteiger charge is -2.74. The molecule has 4 heteroatoms. The molecule has 136 valence electrons. The predicted molar refractivity (Wildman–Crippen MR) is 93.4 cm³/mol. The van der Waals surface area contributed by atoms with Crippen molar-refractivity contribution < 1.29 is 14.3 Å². The van der Waals surface area contributed by atoms with Crippen molar-refractivity contribution in [3.63, 3.8) is 0 Å². The number of ether oxygens (including phenoxy) is 1. The number of Topliss-reactive ketones (excluding diaryl/α,β-unsaturated/α-hetero) is 1. The molecule has 2 aliphatic heterocycles. The summed E-state index contributed by atoms with van der Waals surface area (Å²) in [5.41, 5.74) is 0.631. The summed E-state index contributed by atoms with van der Waals surface area (Å²) < 4.78 is 6.48. The van der Waals surface area contributed by atoms with E-state index in [0.29, 0.717) is 17.8 Å². The number of ketones is 1. The van der Waals surface area contributed by atoms with E-state index in [-0.39, 0.29) is 34.4 Å². The standard InChI is InChI=1S/C21H29NO3/c1-12-13-5-8-21(17(12)24)15(9-13)20-7-4-6-19(2,3)14(20)10-16(21)25-18(20)22-11-23/h11,13-16,18H,1,4-10H2,2-3H3,(H,22,23)/t13-,14?,15?,16+,18+,20-,21+/m0/s1. The largest absolute Gasteiger partial charge is 0.354 e. The van der Waals surface area contributed by atoms with Crippen molar-refractivity contribution in [1.29, 1.82) is 0 Å². The Hall–Kier alpha value is -1.16. The van der Waals surface area contributed by atoms with Gasteiger partial charge in [-0.25, -0.2) is 0 Å². The third-order valence-corrected chi connectivity index (χ3v) is 8.96. The number of hydrogen-bond acceptors (Lipinski definition) is 3. The molecule has 7 fully saturated rings. The zero-order valence-electron chi connectivity index (χ0n) is 15.3. The van der Waals surface area contributed by atoms with Crippen LogP contribution in [0, 0.1) is 34.0 Å². The van der Waals surface area contributed by atoms with Gasteiger partial charge in [-0.1, -0.05) is 26.8 Å². The van der Waals surface area contributed by atoms with Gasteiger partial charge in [0.15, 0.2) is 5.78 Å². The summed E-state index contributed by atoms with van der Waals surface area (Å²) in [6.45, 7) is 8.92. The molecule has 1 N–H and O–H groups in total. The fourth-order valence-electron chi connectivity index (χ4n) is 8.03. The van der Waals surface area contributed by atoms with Crippen molar-refractivity contribution >= 4 is 12.2 Å². The fourth-order valence-corrected chi connectivity index (χ4v) is 8.03. The fraction of sp³-hybridized carbons (Fsp3) is 0.810. The van der Waals surface area contributed by atoms with Gasteiger partial charge in [-0.05, 0) is 67.3 Å². The van der Waals surface area contributed by atoms with Crippen LogP contribution in [-0.2, 0) is 14.3 Å². The van der Waals surface area contributed by atoms with Crippen molar-refractivity contribution in [2.45, 2.75) is 71.1 Å². The number of hydrogen-bond donors (Lipinski definition) is 1. The average molecular weight is 343 g/mol. The summed E-state index contributed by atoms with van der Waals surface area (Å²) in [4.78, 5) is 24.7. The molecule has 2 unspecified atom stereocenters. The second kappa shape index (κ2) is 4.76. The first-order chi connectivity index (χ1) is 11.9. The molecule has 2 heterocycles. The van der Waals surface area contributed by atoms with Crippen LogP contribution >= 0.6 is 0 Å². The van der Waals surface area contributed by atoms with Gasteiger partial charge < -0.3 is 10.1 Å². The zero-order chi connectivity index (χ0) is 17.6. The summed E-state index contributed by atoms with van der Waals surface area (Å²) in [5.74, 6) is 1.48. The molecular formula is C21H29NO3. The van der Waals surface area contributed by atoms with E-state index in [2.05, 4.69) is 25.7 Å². The Bertz CT molecular complexity index is 670. The molecule has 2 spiro atoms. The van der Waals surface area contributed by atoms with E-state index in [0.717, 1.165) is 50.5 Å². The molecule has 0 radical (unpaired) electrons. The summed E-state index contributed by atoms with van der Waals surface area (Å²) in [6, 6.07) is 0. The van der Waals surface area contributed by atoms with Gasteiger partial charge in [0.1, 0.15) is 6.23 Å². The molecule has 2 saturated heterocycles. The van der Waals surface area contributed by atoms with Crippen LogP contribution in [-0.4, -0.2) is 24.5 Å². The van der Waals surface area contributed by atoms with E-state index in [1.807, 2.05) is 0 Å². The van der Waals surface area contributed by atoms with Crippen LogP contribution in [0.25, 0.3) is 0 Å². The molecule has 4 bridgehead atoms. The third kappa shape index (κ3) is 1.64. The SMILES string of the molecule is C=C1C(=O)[C@]23CC[C@H]1CC2[C@]12CCCC(C)(C)C1C[C@H]3O[C@H]2NC=O. The second-order valence-corrected chi connectivity index (χ2v) is 9.95. The highest BCUT2D eigenvalue weighted by Crippen LogP contribution is 2.75. The van der Waals surface area contributed by atoms with Gasteiger partial charge in [-0.2, -0.15) is 0 Å². The van der Waals surface area contributed by atoms with Crippen LogP contribution in [0.2, 0.25) is 0 Å². The highest BCUT2D eigenvalue weighted by atomic mass is 16.5. The van der Waals surface area contributed by atoms with E-state index in [1.165, 1.54) is 6.42 Å². The van der Waals surface area contributed by atoms with Gasteiger partial charge in [0, 0.05) is 5.41 Å². The maximum Gasteiger partial charge on any atom is 0.209 e. The molecule has 7 aliphatic rings. The first-order valence-corrected chi connectivity index (χ1v) is 9.96. The number of amides is 1. The minimum absolute atomic E-state index is 0.0651. The van der Waals surface area contributed by atoms with Crippen LogP contribution in [0.15, 0.2) is 12.2 Å². The van der Waals surface area contributed by atoms with Gasteiger partial charge in [0.05, 0.1) is 11.5 Å². The number of fused-ring (bicyclic) bond motifs is 3. The van der Waals surface area contributed by atoms with E-state index in [1.54, 1.807) is 0 Å². The number of carbonyl (C=O) groups excluding carboxylic acids is 2. The number of nitrogens with one attached hydrogen (secondary N) is 1. The quantitative estimate of drug-likeness (QED) is 0.619.